The van der Waals surface area contributed by atoms with Crippen molar-refractivity contribution in [1.82, 2.24) is 9.99 Å². The van der Waals surface area contributed by atoms with Crippen LogP contribution in [-0.4, -0.2) is 29.2 Å². The first-order valence-electron chi connectivity index (χ1n) is 10.7. The fourth-order valence-electron chi connectivity index (χ4n) is 3.67. The first-order chi connectivity index (χ1) is 17.4. The lowest BCUT2D eigenvalue weighted by molar-refractivity contribution is -0.136. The summed E-state index contributed by atoms with van der Waals surface area (Å²) in [6, 6.07) is 18.8. The molecule has 0 atom stereocenters. The number of halogens is 2. The molecular formula is C25H18BrClN4O5. The number of nitrogens with zero attached hydrogens (tertiary/aromatic N) is 1. The lowest BCUT2D eigenvalue weighted by Crippen LogP contribution is -2.39. The van der Waals surface area contributed by atoms with Crippen LogP contribution in [0.25, 0.3) is 10.9 Å². The summed E-state index contributed by atoms with van der Waals surface area (Å²) in [4.78, 5) is 38.4. The lowest BCUT2D eigenvalue weighted by atomic mass is 10.2. The van der Waals surface area contributed by atoms with Gasteiger partial charge in [0.25, 0.3) is 5.91 Å². The standard InChI is InChI=1S/C25H18BrClN4O5/c26-16-2-5-18(6-3-16)29-23(32)20-11-15-10-17(27)4-7-19(15)31(20)30-25(34)24(33)28-12-14-1-8-21-22(9-14)36-13-35-21/h1-11H,12-13H2,(H,28,33)(H,29,32)(H,30,34). The molecule has 11 heteroatoms. The molecule has 0 unspecified atom stereocenters. The van der Waals surface area contributed by atoms with Gasteiger partial charge in [-0.1, -0.05) is 33.6 Å². The number of fused-ring (bicyclic) bond motifs is 2. The molecule has 2 heterocycles. The summed E-state index contributed by atoms with van der Waals surface area (Å²) in [5.41, 5.74) is 4.42. The molecule has 4 aromatic rings. The van der Waals surface area contributed by atoms with E-state index in [1.165, 1.54) is 4.68 Å². The van der Waals surface area contributed by atoms with E-state index in [1.54, 1.807) is 66.7 Å². The van der Waals surface area contributed by atoms with Crippen LogP contribution in [0.3, 0.4) is 0 Å². The molecule has 36 heavy (non-hydrogen) atoms. The molecule has 0 spiro atoms. The van der Waals surface area contributed by atoms with Crippen LogP contribution in [0.15, 0.2) is 71.2 Å². The molecule has 5 rings (SSSR count). The normalized spacial score (nSPS) is 11.8. The van der Waals surface area contributed by atoms with E-state index >= 15 is 0 Å². The Morgan fingerprint density at radius 1 is 0.917 bits per heavy atom. The molecule has 3 amide bonds. The molecule has 1 aromatic heterocycles. The Morgan fingerprint density at radius 2 is 1.69 bits per heavy atom. The third-order valence-corrected chi connectivity index (χ3v) is 6.17. The van der Waals surface area contributed by atoms with Gasteiger partial charge in [-0.3, -0.25) is 19.8 Å². The van der Waals surface area contributed by atoms with Gasteiger partial charge >= 0.3 is 11.8 Å². The first kappa shape index (κ1) is 23.7. The predicted molar refractivity (Wildman–Crippen MR) is 138 cm³/mol. The average Bonchev–Trinajstić information content (AvgIpc) is 3.48. The Bertz CT molecular complexity index is 1500. The van der Waals surface area contributed by atoms with Crippen LogP contribution < -0.4 is 25.5 Å². The second-order valence-corrected chi connectivity index (χ2v) is 9.19. The van der Waals surface area contributed by atoms with Crippen LogP contribution in [0, 0.1) is 0 Å². The summed E-state index contributed by atoms with van der Waals surface area (Å²) < 4.78 is 12.7. The fraction of sp³-hybridized carbons (Fsp3) is 0.0800. The summed E-state index contributed by atoms with van der Waals surface area (Å²) in [6.45, 7) is 0.239. The van der Waals surface area contributed by atoms with Crippen molar-refractivity contribution in [1.29, 1.82) is 0 Å². The van der Waals surface area contributed by atoms with Crippen molar-refractivity contribution in [2.24, 2.45) is 0 Å². The van der Waals surface area contributed by atoms with Crippen molar-refractivity contribution in [3.63, 3.8) is 0 Å². The molecule has 3 aromatic carbocycles. The van der Waals surface area contributed by atoms with Gasteiger partial charge in [-0.05, 0) is 66.2 Å². The van der Waals surface area contributed by atoms with Gasteiger partial charge in [0.2, 0.25) is 6.79 Å². The van der Waals surface area contributed by atoms with E-state index in [2.05, 4.69) is 32.0 Å². The van der Waals surface area contributed by atoms with Gasteiger partial charge in [0.05, 0.1) is 5.52 Å². The zero-order valence-electron chi connectivity index (χ0n) is 18.5. The number of ether oxygens (including phenoxy) is 2. The largest absolute Gasteiger partial charge is 0.454 e. The SMILES string of the molecule is O=C(NCc1ccc2c(c1)OCO2)C(=O)Nn1c(C(=O)Nc2ccc(Br)cc2)cc2cc(Cl)ccc21. The molecule has 0 bridgehead atoms. The summed E-state index contributed by atoms with van der Waals surface area (Å²) in [7, 11) is 0. The quantitative estimate of drug-likeness (QED) is 0.308. The second-order valence-electron chi connectivity index (χ2n) is 7.84. The number of amides is 3. The smallest absolute Gasteiger partial charge is 0.328 e. The van der Waals surface area contributed by atoms with Gasteiger partial charge < -0.3 is 20.1 Å². The zero-order chi connectivity index (χ0) is 25.2. The van der Waals surface area contributed by atoms with Crippen molar-refractivity contribution in [2.45, 2.75) is 6.54 Å². The van der Waals surface area contributed by atoms with Crippen molar-refractivity contribution in [2.75, 3.05) is 17.5 Å². The molecule has 0 fully saturated rings. The summed E-state index contributed by atoms with van der Waals surface area (Å²) >= 11 is 9.47. The van der Waals surface area contributed by atoms with Gasteiger partial charge in [0, 0.05) is 27.1 Å². The van der Waals surface area contributed by atoms with E-state index in [1.807, 2.05) is 0 Å². The Balaban J connectivity index is 1.34. The minimum absolute atomic E-state index is 0.0990. The maximum atomic E-state index is 13.1. The highest BCUT2D eigenvalue weighted by Crippen LogP contribution is 2.32. The van der Waals surface area contributed by atoms with Crippen molar-refractivity contribution in [3.05, 3.63) is 87.5 Å². The highest BCUT2D eigenvalue weighted by molar-refractivity contribution is 9.10. The van der Waals surface area contributed by atoms with Crippen LogP contribution >= 0.6 is 27.5 Å². The number of anilines is 1. The third kappa shape index (κ3) is 5.00. The number of carbonyl (C=O) groups is 3. The highest BCUT2D eigenvalue weighted by atomic mass is 79.9. The van der Waals surface area contributed by atoms with E-state index < -0.39 is 17.7 Å². The molecule has 1 aliphatic heterocycles. The summed E-state index contributed by atoms with van der Waals surface area (Å²) in [5, 5.41) is 6.43. The number of rotatable bonds is 5. The Kier molecular flexibility index (Phi) is 6.53. The molecule has 1 aliphatic rings. The molecule has 182 valence electrons. The van der Waals surface area contributed by atoms with Crippen LogP contribution in [-0.2, 0) is 16.1 Å². The Morgan fingerprint density at radius 3 is 2.50 bits per heavy atom. The van der Waals surface area contributed by atoms with Crippen molar-refractivity contribution >= 4 is 61.8 Å². The van der Waals surface area contributed by atoms with Crippen LogP contribution in [0.1, 0.15) is 16.1 Å². The summed E-state index contributed by atoms with van der Waals surface area (Å²) in [6.07, 6.45) is 0. The minimum Gasteiger partial charge on any atom is -0.454 e. The number of carbonyl (C=O) groups excluding carboxylic acids is 3. The van der Waals surface area contributed by atoms with E-state index in [4.69, 9.17) is 21.1 Å². The lowest BCUT2D eigenvalue weighted by Gasteiger charge is -2.13. The van der Waals surface area contributed by atoms with Crippen LogP contribution in [0.5, 0.6) is 11.5 Å². The molecular weight excluding hydrogens is 552 g/mol. The molecule has 0 radical (unpaired) electrons. The van der Waals surface area contributed by atoms with Crippen LogP contribution in [0.2, 0.25) is 5.02 Å². The Labute approximate surface area is 218 Å². The molecule has 0 aliphatic carbocycles. The first-order valence-corrected chi connectivity index (χ1v) is 11.9. The van der Waals surface area contributed by atoms with Crippen molar-refractivity contribution < 1.29 is 23.9 Å². The molecule has 0 saturated heterocycles. The van der Waals surface area contributed by atoms with Crippen LogP contribution in [0.4, 0.5) is 5.69 Å². The summed E-state index contributed by atoms with van der Waals surface area (Å²) in [5.74, 6) is -1.10. The minimum atomic E-state index is -0.944. The van der Waals surface area contributed by atoms with Gasteiger partial charge in [0.1, 0.15) is 5.69 Å². The van der Waals surface area contributed by atoms with Crippen molar-refractivity contribution in [3.8, 4) is 11.5 Å². The topological polar surface area (TPSA) is 111 Å². The van der Waals surface area contributed by atoms with E-state index in [9.17, 15) is 14.4 Å². The maximum absolute atomic E-state index is 13.1. The third-order valence-electron chi connectivity index (χ3n) is 5.41. The number of hydrogen-bond donors (Lipinski definition) is 3. The average molecular weight is 570 g/mol. The Hall–Kier alpha value is -4.02. The fourth-order valence-corrected chi connectivity index (χ4v) is 4.11. The molecule has 0 saturated carbocycles. The van der Waals surface area contributed by atoms with E-state index in [-0.39, 0.29) is 19.0 Å². The van der Waals surface area contributed by atoms with Gasteiger partial charge in [0.15, 0.2) is 11.5 Å². The predicted octanol–water partition coefficient (Wildman–Crippen LogP) is 4.42. The number of aromatic nitrogens is 1. The number of benzene rings is 3. The monoisotopic (exact) mass is 568 g/mol. The van der Waals surface area contributed by atoms with Gasteiger partial charge in [-0.2, -0.15) is 0 Å². The molecule has 3 N–H and O–H groups in total. The molecule has 9 nitrogen and oxygen atoms in total. The zero-order valence-corrected chi connectivity index (χ0v) is 20.9. The van der Waals surface area contributed by atoms with E-state index in [0.29, 0.717) is 33.1 Å². The maximum Gasteiger partial charge on any atom is 0.328 e. The highest BCUT2D eigenvalue weighted by Gasteiger charge is 2.21. The number of hydrogen-bond acceptors (Lipinski definition) is 5. The number of nitrogens with one attached hydrogen (secondary N) is 3. The van der Waals surface area contributed by atoms with Gasteiger partial charge in [-0.25, -0.2) is 4.68 Å². The van der Waals surface area contributed by atoms with Gasteiger partial charge in [-0.15, -0.1) is 0 Å². The second kappa shape index (κ2) is 9.92. The van der Waals surface area contributed by atoms with E-state index in [0.717, 1.165) is 10.0 Å².